The molecule has 4 heteroatoms. The van der Waals surface area contributed by atoms with Gasteiger partial charge in [-0.3, -0.25) is 0 Å². The van der Waals surface area contributed by atoms with Crippen LogP contribution in [0.25, 0.3) is 24.3 Å². The van der Waals surface area contributed by atoms with E-state index in [1.54, 1.807) is 0 Å². The van der Waals surface area contributed by atoms with E-state index in [-0.39, 0.29) is 206 Å². The van der Waals surface area contributed by atoms with Gasteiger partial charge in [-0.25, -0.2) is 46.8 Å². The smallest absolute Gasteiger partial charge is 0.227 e. The Bertz CT molecular complexity index is 1960. The van der Waals surface area contributed by atoms with Crippen molar-refractivity contribution in [3.05, 3.63) is 238 Å². The zero-order valence-corrected chi connectivity index (χ0v) is 43.8. The van der Waals surface area contributed by atoms with Crippen molar-refractivity contribution in [3.63, 3.8) is 0 Å². The van der Waals surface area contributed by atoms with E-state index in [4.69, 9.17) is 0 Å². The van der Waals surface area contributed by atoms with Crippen LogP contribution in [0.15, 0.2) is 175 Å². The van der Waals surface area contributed by atoms with Crippen molar-refractivity contribution < 1.29 is 206 Å². The van der Waals surface area contributed by atoms with Crippen LogP contribution in [0.4, 0.5) is 0 Å². The van der Waals surface area contributed by atoms with Crippen LogP contribution in [0.2, 0.25) is 0 Å². The summed E-state index contributed by atoms with van der Waals surface area (Å²) in [7, 11) is 0. The average molecular weight is 773 g/mol. The minimum atomic E-state index is 0. The molecule has 0 N–H and O–H groups in total. The minimum absolute atomic E-state index is 0. The molecule has 6 aliphatic rings. The molecule has 4 aromatic rings. The molecule has 0 aliphatic heterocycles. The maximum absolute atomic E-state index is 2.45. The summed E-state index contributed by atoms with van der Waals surface area (Å²) in [4.78, 5) is 0. The van der Waals surface area contributed by atoms with Gasteiger partial charge in [0, 0.05) is 0 Å². The van der Waals surface area contributed by atoms with E-state index in [9.17, 15) is 0 Å². The summed E-state index contributed by atoms with van der Waals surface area (Å²) in [5.74, 6) is 2.75. The quantitative estimate of drug-likeness (QED) is 0.135. The van der Waals surface area contributed by atoms with E-state index in [1.165, 1.54) is 67.5 Å². The molecule has 0 spiro atoms. The van der Waals surface area contributed by atoms with E-state index in [0.717, 1.165) is 25.7 Å². The molecule has 0 saturated carbocycles. The molecule has 0 fully saturated rings. The Kier molecular flexibility index (Phi) is 22.9. The Morgan fingerprint density at radius 3 is 1.54 bits per heavy atom. The topological polar surface area (TPSA) is 0 Å². The van der Waals surface area contributed by atoms with Crippen molar-refractivity contribution >= 4 is 24.3 Å². The minimum Gasteiger partial charge on any atom is -0.227 e. The van der Waals surface area contributed by atoms with Crippen LogP contribution in [0.3, 0.4) is 0 Å². The third-order valence-corrected chi connectivity index (χ3v) is 9.15. The predicted octanol–water partition coefficient (Wildman–Crippen LogP) is 0.00306. The van der Waals surface area contributed by atoms with Gasteiger partial charge in [-0.2, -0.15) is 48.8 Å². The molecule has 0 radical (unpaired) electrons. The summed E-state index contributed by atoms with van der Waals surface area (Å²) in [5, 5.41) is 0. The molecule has 6 aliphatic carbocycles. The van der Waals surface area contributed by atoms with Crippen LogP contribution >= 0.6 is 0 Å². The van der Waals surface area contributed by atoms with E-state index in [0.29, 0.717) is 0 Å². The van der Waals surface area contributed by atoms with Crippen molar-refractivity contribution in [3.8, 4) is 0 Å². The van der Waals surface area contributed by atoms with Crippen LogP contribution in [0.1, 0.15) is 51.8 Å². The van der Waals surface area contributed by atoms with Crippen molar-refractivity contribution in [1.29, 1.82) is 0 Å². The van der Waals surface area contributed by atoms with Gasteiger partial charge >= 0.3 is 206 Å². The number of aryl methyl sites for hydroxylation is 2. The fourth-order valence-electron chi connectivity index (χ4n) is 6.48. The molecule has 0 aromatic heterocycles. The zero-order valence-electron chi connectivity index (χ0n) is 31.3. The van der Waals surface area contributed by atoms with Crippen LogP contribution in [-0.4, -0.2) is 0 Å². The normalized spacial score (nSPS) is 15.5. The zero-order chi connectivity index (χ0) is 32.4. The van der Waals surface area contributed by atoms with Gasteiger partial charge < -0.3 is 0 Å². The third kappa shape index (κ3) is 14.0. The van der Waals surface area contributed by atoms with Gasteiger partial charge in [0.1, 0.15) is 0 Å². The number of hydrogen-bond donors (Lipinski definition) is 0. The first-order valence-electron chi connectivity index (χ1n) is 17.0. The monoisotopic (exact) mass is 772 g/mol. The number of benzene rings is 4. The summed E-state index contributed by atoms with van der Waals surface area (Å²) >= 11 is 0. The number of hydrogen-bond acceptors (Lipinski definition) is 0. The summed E-state index contributed by atoms with van der Waals surface area (Å²) in [5.41, 5.74) is 12.9. The molecule has 0 amide bonds. The largest absolute Gasteiger partial charge is 1.00 e. The van der Waals surface area contributed by atoms with E-state index < -0.39 is 0 Å². The summed E-state index contributed by atoms with van der Waals surface area (Å²) < 4.78 is 0. The Morgan fingerprint density at radius 1 is 0.538 bits per heavy atom. The second-order valence-electron chi connectivity index (χ2n) is 12.5. The van der Waals surface area contributed by atoms with Crippen molar-refractivity contribution in [1.82, 2.24) is 0 Å². The van der Waals surface area contributed by atoms with Crippen LogP contribution in [0, 0.1) is 24.7 Å². The van der Waals surface area contributed by atoms with Gasteiger partial charge in [-0.15, -0.1) is 29.9 Å². The van der Waals surface area contributed by atoms with Gasteiger partial charge in [0.25, 0.3) is 0 Å². The van der Waals surface area contributed by atoms with E-state index >= 15 is 0 Å². The van der Waals surface area contributed by atoms with Crippen LogP contribution in [0.5, 0.6) is 0 Å². The van der Waals surface area contributed by atoms with Crippen LogP contribution < -0.4 is 206 Å². The van der Waals surface area contributed by atoms with Gasteiger partial charge in [0.2, 0.25) is 0 Å². The Labute approximate surface area is 483 Å². The van der Waals surface area contributed by atoms with E-state index in [1.807, 2.05) is 0 Å². The summed E-state index contributed by atoms with van der Waals surface area (Å²) in [6.07, 6.45) is 37.6. The fraction of sp³-hybridized carbons (Fsp3) is 0.0833. The molecule has 10 rings (SSSR count). The standard InChI is InChI=1S/C48H40.4K/c1-5-13-37(14-6-1)21-25-41-33-46-31-32-48-36-43(27-23-39-17-9-3-10-18-39)47(35-44(48)28-24-40-19-11-4-12-20-40)30-29-45(41)34-42(46)26-22-38-15-7-2-8-16-38;;;;/h1-28,33-36H,29-32H2;;;;/q-4;4*+1/b25-21-,26-22+,27-23+;;;;. The molecule has 0 unspecified atom stereocenters. The first kappa shape index (κ1) is 47.2. The Hall–Kier alpha value is 0.825. The molecule has 4 aromatic carbocycles. The number of rotatable bonds is 8. The molecule has 0 atom stereocenters. The second-order valence-corrected chi connectivity index (χ2v) is 12.5. The van der Waals surface area contributed by atoms with Crippen molar-refractivity contribution in [2.24, 2.45) is 0 Å². The molecule has 0 saturated heterocycles. The third-order valence-electron chi connectivity index (χ3n) is 9.15. The first-order chi connectivity index (χ1) is 23.8. The molecule has 236 valence electrons. The molecule has 52 heavy (non-hydrogen) atoms. The Morgan fingerprint density at radius 2 is 1.04 bits per heavy atom. The molecule has 4 bridgehead atoms. The maximum atomic E-state index is 2.45. The fourth-order valence-corrected chi connectivity index (χ4v) is 6.48. The summed E-state index contributed by atoms with van der Waals surface area (Å²) in [6, 6.07) is 36.8. The Balaban J connectivity index is 0.00000182. The van der Waals surface area contributed by atoms with Gasteiger partial charge in [0.15, 0.2) is 0 Å². The summed E-state index contributed by atoms with van der Waals surface area (Å²) in [6.45, 7) is 0. The van der Waals surface area contributed by atoms with Gasteiger partial charge in [-0.05, 0) is 28.7 Å². The molecule has 0 heterocycles. The molecular formula is C48H40K4. The van der Waals surface area contributed by atoms with Gasteiger partial charge in [-0.1, -0.05) is 134 Å². The SMILES string of the molecule is C1=C[CH-]/C(=C\[CH-]c2cc3c(/C=C/c4ccccc4)cc2CC[C-]2C=C(/C=C\c4ccccc4)[C-](C=C2/C=C/c2ccccc2)CC3)C=C1.[K+].[K+].[K+].[K+]. The first-order valence-corrected chi connectivity index (χ1v) is 17.0. The predicted molar refractivity (Wildman–Crippen MR) is 206 cm³/mol. The molecular weight excluding hydrogens is 733 g/mol. The molecule has 0 nitrogen and oxygen atoms in total. The van der Waals surface area contributed by atoms with Crippen LogP contribution in [-0.2, 0) is 12.8 Å². The number of allylic oxidation sites excluding steroid dienone is 12. The maximum Gasteiger partial charge on any atom is 1.00 e. The average Bonchev–Trinajstić information content (AvgIpc) is 3.14. The van der Waals surface area contributed by atoms with Crippen molar-refractivity contribution in [2.75, 3.05) is 0 Å². The van der Waals surface area contributed by atoms with E-state index in [2.05, 4.69) is 195 Å². The van der Waals surface area contributed by atoms with Gasteiger partial charge in [0.05, 0.1) is 0 Å². The van der Waals surface area contributed by atoms with Crippen molar-refractivity contribution in [2.45, 2.75) is 25.7 Å². The second kappa shape index (κ2) is 25.2.